The van der Waals surface area contributed by atoms with Gasteiger partial charge in [-0.2, -0.15) is 0 Å². The van der Waals surface area contributed by atoms with Crippen molar-refractivity contribution >= 4 is 33.4 Å². The Bertz CT molecular complexity index is 1090. The number of nitrogens with two attached hydrogens (primary N) is 1. The molecule has 0 unspecified atom stereocenters. The molecule has 9 heteroatoms. The summed E-state index contributed by atoms with van der Waals surface area (Å²) in [6.07, 6.45) is 0.723. The number of aromatic nitrogens is 2. The van der Waals surface area contributed by atoms with Crippen molar-refractivity contribution in [1.82, 2.24) is 9.97 Å². The smallest absolute Gasteiger partial charge is 0.238 e. The van der Waals surface area contributed by atoms with Gasteiger partial charge in [0.2, 0.25) is 15.9 Å². The van der Waals surface area contributed by atoms with Crippen molar-refractivity contribution in [1.29, 1.82) is 0 Å². The van der Waals surface area contributed by atoms with Crippen molar-refractivity contribution in [2.24, 2.45) is 5.14 Å². The second-order valence-corrected chi connectivity index (χ2v) is 9.49. The standard InChI is InChI=1S/C20H22N4O3S2/c1-13-18(12-15-6-4-3-5-7-15)24-20(22-13)28-14(2)19(25)23-16-8-10-17(11-9-16)29(21,26)27/h3-11,14H,12H2,1-2H3,(H,22,24)(H,23,25)(H2,21,26,27)/t14-/m0/s1. The fourth-order valence-corrected chi connectivity index (χ4v) is 4.07. The first kappa shape index (κ1) is 21.1. The number of aryl methyl sites for hydroxylation is 1. The lowest BCUT2D eigenvalue weighted by molar-refractivity contribution is -0.115. The predicted molar refractivity (Wildman–Crippen MR) is 114 cm³/mol. The lowest BCUT2D eigenvalue weighted by atomic mass is 10.1. The third-order valence-corrected chi connectivity index (χ3v) is 6.20. The molecule has 0 aliphatic carbocycles. The molecule has 3 aromatic rings. The van der Waals surface area contributed by atoms with Gasteiger partial charge in [-0.1, -0.05) is 42.1 Å². The largest absolute Gasteiger partial charge is 0.337 e. The van der Waals surface area contributed by atoms with E-state index in [9.17, 15) is 13.2 Å². The van der Waals surface area contributed by atoms with Crippen LogP contribution in [0.4, 0.5) is 5.69 Å². The van der Waals surface area contributed by atoms with Gasteiger partial charge in [-0.05, 0) is 43.7 Å². The summed E-state index contributed by atoms with van der Waals surface area (Å²) in [5.74, 6) is -0.211. The highest BCUT2D eigenvalue weighted by Crippen LogP contribution is 2.24. The fraction of sp³-hybridized carbons (Fsp3) is 0.200. The molecule has 152 valence electrons. The molecular weight excluding hydrogens is 408 g/mol. The molecule has 1 atom stereocenters. The molecule has 3 rings (SSSR count). The van der Waals surface area contributed by atoms with E-state index in [4.69, 9.17) is 5.14 Å². The van der Waals surface area contributed by atoms with Crippen molar-refractivity contribution in [3.63, 3.8) is 0 Å². The SMILES string of the molecule is Cc1[nH]c(S[C@@H](C)C(=O)Nc2ccc(S(N)(=O)=O)cc2)nc1Cc1ccccc1. The molecule has 0 radical (unpaired) electrons. The van der Waals surface area contributed by atoms with Gasteiger partial charge in [-0.15, -0.1) is 0 Å². The Hall–Kier alpha value is -2.62. The summed E-state index contributed by atoms with van der Waals surface area (Å²) < 4.78 is 22.6. The summed E-state index contributed by atoms with van der Waals surface area (Å²) in [6.45, 7) is 3.75. The Morgan fingerprint density at radius 2 is 1.83 bits per heavy atom. The number of hydrogen-bond donors (Lipinski definition) is 3. The number of amides is 1. The Morgan fingerprint density at radius 1 is 1.17 bits per heavy atom. The number of primary sulfonamides is 1. The van der Waals surface area contributed by atoms with Gasteiger partial charge in [0.25, 0.3) is 0 Å². The van der Waals surface area contributed by atoms with Gasteiger partial charge in [0, 0.05) is 17.8 Å². The van der Waals surface area contributed by atoms with Crippen LogP contribution in [0.2, 0.25) is 0 Å². The monoisotopic (exact) mass is 430 g/mol. The Morgan fingerprint density at radius 3 is 2.45 bits per heavy atom. The van der Waals surface area contributed by atoms with Crippen LogP contribution in [0, 0.1) is 6.92 Å². The molecule has 0 saturated carbocycles. The van der Waals surface area contributed by atoms with Gasteiger partial charge >= 0.3 is 0 Å². The number of benzene rings is 2. The van der Waals surface area contributed by atoms with Crippen LogP contribution < -0.4 is 10.5 Å². The lowest BCUT2D eigenvalue weighted by Gasteiger charge is -2.11. The van der Waals surface area contributed by atoms with Gasteiger partial charge in [-0.25, -0.2) is 18.5 Å². The third-order valence-electron chi connectivity index (χ3n) is 4.29. The van der Waals surface area contributed by atoms with Crippen LogP contribution in [0.15, 0.2) is 64.6 Å². The van der Waals surface area contributed by atoms with Gasteiger partial charge in [0.05, 0.1) is 15.8 Å². The third kappa shape index (κ3) is 5.69. The van der Waals surface area contributed by atoms with Crippen LogP contribution in [-0.4, -0.2) is 29.5 Å². The minimum absolute atomic E-state index is 0.00470. The molecule has 1 amide bonds. The number of aromatic amines is 1. The van der Waals surface area contributed by atoms with Crippen molar-refractivity contribution < 1.29 is 13.2 Å². The zero-order chi connectivity index (χ0) is 21.0. The molecule has 29 heavy (non-hydrogen) atoms. The van der Waals surface area contributed by atoms with Crippen molar-refractivity contribution in [2.75, 3.05) is 5.32 Å². The second-order valence-electron chi connectivity index (χ2n) is 6.59. The first-order chi connectivity index (χ1) is 13.7. The van der Waals surface area contributed by atoms with Crippen LogP contribution in [0.1, 0.15) is 23.9 Å². The summed E-state index contributed by atoms with van der Waals surface area (Å²) in [5.41, 5.74) is 3.59. The molecule has 0 bridgehead atoms. The van der Waals surface area contributed by atoms with Gasteiger partial charge in [0.15, 0.2) is 5.16 Å². The van der Waals surface area contributed by atoms with Gasteiger partial charge in [-0.3, -0.25) is 4.79 Å². The minimum Gasteiger partial charge on any atom is -0.337 e. The van der Waals surface area contributed by atoms with E-state index in [0.717, 1.165) is 17.8 Å². The van der Waals surface area contributed by atoms with Crippen LogP contribution in [0.5, 0.6) is 0 Å². The molecule has 2 aromatic carbocycles. The maximum absolute atomic E-state index is 12.5. The lowest BCUT2D eigenvalue weighted by Crippen LogP contribution is -2.22. The van der Waals surface area contributed by atoms with Crippen LogP contribution in [-0.2, 0) is 21.2 Å². The molecule has 1 heterocycles. The second kappa shape index (κ2) is 8.81. The molecule has 0 spiro atoms. The van der Waals surface area contributed by atoms with Crippen molar-refractivity contribution in [2.45, 2.75) is 35.6 Å². The predicted octanol–water partition coefficient (Wildman–Crippen LogP) is 3.08. The molecule has 0 fully saturated rings. The number of carbonyl (C=O) groups excluding carboxylic acids is 1. The zero-order valence-corrected chi connectivity index (χ0v) is 17.7. The number of anilines is 1. The van der Waals surface area contributed by atoms with Crippen LogP contribution in [0.25, 0.3) is 0 Å². The molecule has 7 nitrogen and oxygen atoms in total. The number of hydrogen-bond acceptors (Lipinski definition) is 5. The summed E-state index contributed by atoms with van der Waals surface area (Å²) in [5, 5.41) is 8.12. The number of thioether (sulfide) groups is 1. The molecule has 0 aliphatic rings. The number of carbonyl (C=O) groups is 1. The van der Waals surface area contributed by atoms with Gasteiger partial charge < -0.3 is 10.3 Å². The highest BCUT2D eigenvalue weighted by molar-refractivity contribution is 8.00. The number of H-pyrrole nitrogens is 1. The number of nitrogens with one attached hydrogen (secondary N) is 2. The summed E-state index contributed by atoms with van der Waals surface area (Å²) in [7, 11) is -3.76. The van der Waals surface area contributed by atoms with E-state index in [0.29, 0.717) is 10.8 Å². The molecule has 0 aliphatic heterocycles. The first-order valence-corrected chi connectivity index (χ1v) is 11.3. The van der Waals surface area contributed by atoms with Crippen LogP contribution in [0.3, 0.4) is 0 Å². The van der Waals surface area contributed by atoms with E-state index < -0.39 is 15.3 Å². The normalized spacial score (nSPS) is 12.5. The quantitative estimate of drug-likeness (QED) is 0.498. The highest BCUT2D eigenvalue weighted by atomic mass is 32.2. The van der Waals surface area contributed by atoms with E-state index in [1.165, 1.54) is 41.6 Å². The molecule has 1 aromatic heterocycles. The Labute approximate surface area is 174 Å². The van der Waals surface area contributed by atoms with Gasteiger partial charge in [0.1, 0.15) is 0 Å². The van der Waals surface area contributed by atoms with E-state index in [2.05, 4.69) is 27.4 Å². The van der Waals surface area contributed by atoms with E-state index >= 15 is 0 Å². The van der Waals surface area contributed by atoms with Crippen molar-refractivity contribution in [3.05, 3.63) is 71.5 Å². The summed E-state index contributed by atoms with van der Waals surface area (Å²) in [4.78, 5) is 20.3. The number of imidazole rings is 1. The average molecular weight is 431 g/mol. The van der Waals surface area contributed by atoms with Crippen LogP contribution >= 0.6 is 11.8 Å². The molecule has 4 N–H and O–H groups in total. The summed E-state index contributed by atoms with van der Waals surface area (Å²) >= 11 is 1.33. The topological polar surface area (TPSA) is 118 Å². The number of sulfonamides is 1. The maximum atomic E-state index is 12.5. The van der Waals surface area contributed by atoms with E-state index in [-0.39, 0.29) is 10.8 Å². The number of rotatable bonds is 7. The fourth-order valence-electron chi connectivity index (χ4n) is 2.68. The molecular formula is C20H22N4O3S2. The van der Waals surface area contributed by atoms with E-state index in [1.54, 1.807) is 6.92 Å². The number of nitrogens with zero attached hydrogens (tertiary/aromatic N) is 1. The Kier molecular flexibility index (Phi) is 6.41. The highest BCUT2D eigenvalue weighted by Gasteiger charge is 2.18. The average Bonchev–Trinajstić information content (AvgIpc) is 3.01. The summed E-state index contributed by atoms with van der Waals surface area (Å²) in [6, 6.07) is 15.8. The first-order valence-electron chi connectivity index (χ1n) is 8.92. The minimum atomic E-state index is -3.76. The van der Waals surface area contributed by atoms with E-state index in [1.807, 2.05) is 25.1 Å². The van der Waals surface area contributed by atoms with Crippen molar-refractivity contribution in [3.8, 4) is 0 Å². The molecule has 0 saturated heterocycles. The maximum Gasteiger partial charge on any atom is 0.238 e. The zero-order valence-electron chi connectivity index (χ0n) is 16.0. The Balaban J connectivity index is 1.62.